The van der Waals surface area contributed by atoms with Gasteiger partial charge in [0, 0.05) is 19.1 Å². The van der Waals surface area contributed by atoms with Gasteiger partial charge < -0.3 is 15.0 Å². The second-order valence-corrected chi connectivity index (χ2v) is 6.54. The molecule has 20 heavy (non-hydrogen) atoms. The lowest BCUT2D eigenvalue weighted by Crippen LogP contribution is -2.39. The van der Waals surface area contributed by atoms with Gasteiger partial charge in [0.05, 0.1) is 0 Å². The van der Waals surface area contributed by atoms with Gasteiger partial charge in [0.15, 0.2) is 0 Å². The molecule has 0 aromatic carbocycles. The number of carbonyl (C=O) groups excluding carboxylic acids is 1. The zero-order valence-electron chi connectivity index (χ0n) is 14.5. The molecule has 0 aliphatic carbocycles. The van der Waals surface area contributed by atoms with Crippen molar-refractivity contribution < 1.29 is 9.53 Å². The van der Waals surface area contributed by atoms with E-state index in [9.17, 15) is 4.79 Å². The highest BCUT2D eigenvalue weighted by Gasteiger charge is 2.20. The number of amides is 1. The van der Waals surface area contributed by atoms with Gasteiger partial charge in [-0.3, -0.25) is 0 Å². The van der Waals surface area contributed by atoms with Crippen LogP contribution in [0.1, 0.15) is 61.3 Å². The van der Waals surface area contributed by atoms with E-state index < -0.39 is 5.60 Å². The van der Waals surface area contributed by atoms with E-state index in [2.05, 4.69) is 26.1 Å². The molecular weight excluding hydrogens is 252 g/mol. The smallest absolute Gasteiger partial charge is 0.410 e. The first-order valence-corrected chi connectivity index (χ1v) is 7.92. The molecule has 0 aliphatic heterocycles. The van der Waals surface area contributed by atoms with Crippen LogP contribution < -0.4 is 5.32 Å². The van der Waals surface area contributed by atoms with Crippen LogP contribution >= 0.6 is 0 Å². The van der Waals surface area contributed by atoms with Crippen molar-refractivity contribution in [2.75, 3.05) is 19.6 Å². The first kappa shape index (κ1) is 19.2. The normalized spacial score (nSPS) is 14.8. The zero-order valence-corrected chi connectivity index (χ0v) is 14.5. The predicted octanol–water partition coefficient (Wildman–Crippen LogP) is 3.66. The lowest BCUT2D eigenvalue weighted by Gasteiger charge is -2.27. The quantitative estimate of drug-likeness (QED) is 0.692. The number of carbonyl (C=O) groups is 1. The standard InChI is InChI=1S/C16H34N2O2/c1-8-13(3)14(4)17-11-10-12-18(9-2)15(19)20-16(5,6)7/h13-14,17H,8-12H2,1-7H3. The molecule has 1 amide bonds. The lowest BCUT2D eigenvalue weighted by molar-refractivity contribution is 0.0258. The highest BCUT2D eigenvalue weighted by molar-refractivity contribution is 5.68. The fraction of sp³-hybridized carbons (Fsp3) is 0.938. The van der Waals surface area contributed by atoms with E-state index >= 15 is 0 Å². The van der Waals surface area contributed by atoms with Gasteiger partial charge in [0.1, 0.15) is 5.60 Å². The third-order valence-corrected chi connectivity index (χ3v) is 3.60. The molecule has 0 rings (SSSR count). The molecule has 0 radical (unpaired) electrons. The number of hydrogen-bond donors (Lipinski definition) is 1. The molecule has 0 aromatic rings. The summed E-state index contributed by atoms with van der Waals surface area (Å²) < 4.78 is 5.39. The molecule has 0 aromatic heterocycles. The van der Waals surface area contributed by atoms with Crippen LogP contribution in [-0.2, 0) is 4.74 Å². The Hall–Kier alpha value is -0.770. The number of nitrogens with one attached hydrogen (secondary N) is 1. The molecule has 4 nitrogen and oxygen atoms in total. The number of nitrogens with zero attached hydrogens (tertiary/aromatic N) is 1. The first-order chi connectivity index (χ1) is 9.21. The molecule has 0 bridgehead atoms. The highest BCUT2D eigenvalue weighted by atomic mass is 16.6. The van der Waals surface area contributed by atoms with Gasteiger partial charge in [-0.2, -0.15) is 0 Å². The van der Waals surface area contributed by atoms with Crippen molar-refractivity contribution >= 4 is 6.09 Å². The third kappa shape index (κ3) is 8.41. The number of ether oxygens (including phenoxy) is 1. The van der Waals surface area contributed by atoms with Gasteiger partial charge >= 0.3 is 6.09 Å². The molecule has 0 aliphatic rings. The van der Waals surface area contributed by atoms with Crippen molar-refractivity contribution in [3.63, 3.8) is 0 Å². The lowest BCUT2D eigenvalue weighted by atomic mass is 10.0. The van der Waals surface area contributed by atoms with Crippen molar-refractivity contribution in [3.05, 3.63) is 0 Å². The zero-order chi connectivity index (χ0) is 15.8. The Labute approximate surface area is 125 Å². The predicted molar refractivity (Wildman–Crippen MR) is 85.0 cm³/mol. The fourth-order valence-electron chi connectivity index (χ4n) is 1.86. The molecule has 4 heteroatoms. The van der Waals surface area contributed by atoms with Gasteiger partial charge in [-0.25, -0.2) is 4.79 Å². The maximum absolute atomic E-state index is 12.0. The van der Waals surface area contributed by atoms with E-state index in [1.54, 1.807) is 4.90 Å². The molecule has 0 spiro atoms. The van der Waals surface area contributed by atoms with Gasteiger partial charge in [-0.15, -0.1) is 0 Å². The summed E-state index contributed by atoms with van der Waals surface area (Å²) in [5.74, 6) is 0.683. The Kier molecular flexibility index (Phi) is 8.86. The summed E-state index contributed by atoms with van der Waals surface area (Å²) in [7, 11) is 0. The monoisotopic (exact) mass is 286 g/mol. The van der Waals surface area contributed by atoms with Crippen molar-refractivity contribution in [1.82, 2.24) is 10.2 Å². The van der Waals surface area contributed by atoms with Crippen LogP contribution in [0.4, 0.5) is 4.79 Å². The van der Waals surface area contributed by atoms with E-state index in [0.717, 1.165) is 19.5 Å². The first-order valence-electron chi connectivity index (χ1n) is 7.92. The summed E-state index contributed by atoms with van der Waals surface area (Å²) in [6.45, 7) is 16.7. The summed E-state index contributed by atoms with van der Waals surface area (Å²) in [6, 6.07) is 0.525. The summed E-state index contributed by atoms with van der Waals surface area (Å²) in [4.78, 5) is 13.7. The number of rotatable bonds is 8. The van der Waals surface area contributed by atoms with Crippen molar-refractivity contribution in [2.24, 2.45) is 5.92 Å². The average molecular weight is 286 g/mol. The van der Waals surface area contributed by atoms with Crippen LogP contribution in [0.2, 0.25) is 0 Å². The molecule has 0 heterocycles. The van der Waals surface area contributed by atoms with Gasteiger partial charge in [-0.05, 0) is 53.5 Å². The van der Waals surface area contributed by atoms with E-state index in [1.165, 1.54) is 6.42 Å². The van der Waals surface area contributed by atoms with Crippen LogP contribution in [0, 0.1) is 5.92 Å². The Morgan fingerprint density at radius 1 is 1.25 bits per heavy atom. The molecule has 0 saturated heterocycles. The second-order valence-electron chi connectivity index (χ2n) is 6.54. The van der Waals surface area contributed by atoms with E-state index in [-0.39, 0.29) is 6.09 Å². The Morgan fingerprint density at radius 2 is 1.85 bits per heavy atom. The number of hydrogen-bond acceptors (Lipinski definition) is 3. The van der Waals surface area contributed by atoms with Crippen molar-refractivity contribution in [1.29, 1.82) is 0 Å². The fourth-order valence-corrected chi connectivity index (χ4v) is 1.86. The molecule has 120 valence electrons. The van der Waals surface area contributed by atoms with Crippen LogP contribution in [0.25, 0.3) is 0 Å². The van der Waals surface area contributed by atoms with Crippen LogP contribution in [0.3, 0.4) is 0 Å². The highest BCUT2D eigenvalue weighted by Crippen LogP contribution is 2.10. The SMILES string of the molecule is CCC(C)C(C)NCCCN(CC)C(=O)OC(C)(C)C. The Morgan fingerprint density at radius 3 is 2.30 bits per heavy atom. The molecule has 1 N–H and O–H groups in total. The summed E-state index contributed by atoms with van der Waals surface area (Å²) >= 11 is 0. The minimum absolute atomic E-state index is 0.213. The second kappa shape index (κ2) is 9.22. The molecule has 2 atom stereocenters. The summed E-state index contributed by atoms with van der Waals surface area (Å²) in [5.41, 5.74) is -0.423. The van der Waals surface area contributed by atoms with Crippen LogP contribution in [0.5, 0.6) is 0 Å². The molecule has 2 unspecified atom stereocenters. The summed E-state index contributed by atoms with van der Waals surface area (Å²) in [5, 5.41) is 3.52. The largest absolute Gasteiger partial charge is 0.444 e. The summed E-state index contributed by atoms with van der Waals surface area (Å²) in [6.07, 6.45) is 1.93. The Bertz CT molecular complexity index is 274. The molecule has 0 saturated carbocycles. The maximum Gasteiger partial charge on any atom is 0.410 e. The van der Waals surface area contributed by atoms with Gasteiger partial charge in [-0.1, -0.05) is 20.3 Å². The third-order valence-electron chi connectivity index (χ3n) is 3.60. The van der Waals surface area contributed by atoms with Crippen LogP contribution in [-0.4, -0.2) is 42.3 Å². The van der Waals surface area contributed by atoms with Gasteiger partial charge in [0.2, 0.25) is 0 Å². The molecule has 0 fully saturated rings. The topological polar surface area (TPSA) is 41.6 Å². The maximum atomic E-state index is 12.0. The minimum atomic E-state index is -0.423. The van der Waals surface area contributed by atoms with Crippen molar-refractivity contribution in [3.8, 4) is 0 Å². The minimum Gasteiger partial charge on any atom is -0.444 e. The van der Waals surface area contributed by atoms with Crippen LogP contribution in [0.15, 0.2) is 0 Å². The van der Waals surface area contributed by atoms with Gasteiger partial charge in [0.25, 0.3) is 0 Å². The van der Waals surface area contributed by atoms with E-state index in [0.29, 0.717) is 18.5 Å². The van der Waals surface area contributed by atoms with E-state index in [1.807, 2.05) is 27.7 Å². The van der Waals surface area contributed by atoms with E-state index in [4.69, 9.17) is 4.74 Å². The average Bonchev–Trinajstić information content (AvgIpc) is 2.35. The Balaban J connectivity index is 3.99. The van der Waals surface area contributed by atoms with Crippen molar-refractivity contribution in [2.45, 2.75) is 73.0 Å². The molecular formula is C16H34N2O2.